The Morgan fingerprint density at radius 3 is 1.66 bits per heavy atom. The zero-order chi connectivity index (χ0) is 52.9. The van der Waals surface area contributed by atoms with Gasteiger partial charge in [0.1, 0.15) is 29.6 Å². The molecule has 0 saturated heterocycles. The Morgan fingerprint density at radius 1 is 0.767 bits per heavy atom. The number of rotatable bonds is 10. The van der Waals surface area contributed by atoms with Crippen molar-refractivity contribution in [3.05, 3.63) is 163 Å². The maximum atomic E-state index is 13.7. The molecule has 0 radical (unpaired) electrons. The number of nitro groups is 1. The van der Waals surface area contributed by atoms with Crippen LogP contribution in [0, 0.1) is 21.7 Å². The lowest BCUT2D eigenvalue weighted by molar-refractivity contribution is -0.384. The van der Waals surface area contributed by atoms with Crippen molar-refractivity contribution < 1.29 is 74.8 Å². The van der Waals surface area contributed by atoms with Crippen molar-refractivity contribution in [2.45, 2.75) is 37.4 Å². The number of amides is 3. The van der Waals surface area contributed by atoms with Crippen LogP contribution in [0.1, 0.15) is 58.7 Å². The van der Waals surface area contributed by atoms with Crippen LogP contribution >= 0.6 is 36.7 Å². The van der Waals surface area contributed by atoms with Gasteiger partial charge < -0.3 is 40.7 Å². The third-order valence-electron chi connectivity index (χ3n) is 10.3. The average Bonchev–Trinajstić information content (AvgIpc) is 3.33. The number of nitrogens with one attached hydrogen (secondary N) is 3. The molecule has 7 N–H and O–H groups in total. The van der Waals surface area contributed by atoms with Gasteiger partial charge in [-0.2, -0.15) is 39.8 Å². The first-order valence-electron chi connectivity index (χ1n) is 21.0. The summed E-state index contributed by atoms with van der Waals surface area (Å²) in [6, 6.07) is 11.1. The van der Waals surface area contributed by atoms with E-state index in [0.29, 0.717) is 52.5 Å². The first-order valence-corrected chi connectivity index (χ1v) is 21.8. The average molecular weight is 1090 g/mol. The van der Waals surface area contributed by atoms with Crippen LogP contribution in [-0.2, 0) is 12.4 Å². The van der Waals surface area contributed by atoms with Crippen molar-refractivity contribution in [2.24, 2.45) is 0 Å². The van der Waals surface area contributed by atoms with Crippen molar-refractivity contribution >= 4 is 77.0 Å². The number of hydrogen-bond acceptors (Lipinski definition) is 12. The molecule has 0 unspecified atom stereocenters. The zero-order valence-corrected chi connectivity index (χ0v) is 40.0. The molecule has 0 saturated carbocycles. The Kier molecular flexibility index (Phi) is 21.4. The summed E-state index contributed by atoms with van der Waals surface area (Å²) in [6.45, 7) is 1.42. The summed E-state index contributed by atoms with van der Waals surface area (Å²) in [5, 5.41) is 55.9. The first-order chi connectivity index (χ1) is 34.0. The highest BCUT2D eigenvalue weighted by molar-refractivity contribution is 7.59. The molecule has 392 valence electrons. The first kappa shape index (κ1) is 59.1. The van der Waals surface area contributed by atoms with Crippen LogP contribution in [-0.4, -0.2) is 91.7 Å². The van der Waals surface area contributed by atoms with Crippen LogP contribution in [0.4, 0.5) is 61.8 Å². The van der Waals surface area contributed by atoms with Crippen LogP contribution in [0.2, 0.25) is 10.0 Å². The number of carbonyl (C=O) groups excluding carboxylic acids is 2. The van der Waals surface area contributed by atoms with Crippen molar-refractivity contribution in [3.63, 3.8) is 0 Å². The molecule has 2 aliphatic rings. The second-order valence-corrected chi connectivity index (χ2v) is 16.1. The van der Waals surface area contributed by atoms with E-state index in [1.165, 1.54) is 17.2 Å². The number of pyridine rings is 2. The molecule has 27 heteroatoms. The van der Waals surface area contributed by atoms with E-state index in [2.05, 4.69) is 26.7 Å². The van der Waals surface area contributed by atoms with Crippen LogP contribution in [0.15, 0.2) is 97.3 Å². The van der Waals surface area contributed by atoms with Crippen molar-refractivity contribution in [3.8, 4) is 5.75 Å². The SMILES string of the molecule is O=C(Nc1ccc(C(F)(F)F)c(F)c1)N1CC=C(c2ncc([C@H](O)CO)cc2Cl)CC1.O=C(Nc1ccc(C(F)(F)F)c(F)c1)Oc1ccc([N+](=O)[O-])cc1.OC[C@@H](O)c1cnc(C2=CCNCC2)c(Cl)c1.S. The Hall–Kier alpha value is -6.45. The Bertz CT molecular complexity index is 2810. The maximum Gasteiger partial charge on any atom is 0.419 e. The molecule has 0 aliphatic carbocycles. The van der Waals surface area contributed by atoms with Crippen LogP contribution in [0.3, 0.4) is 0 Å². The van der Waals surface area contributed by atoms with Crippen LogP contribution in [0.5, 0.6) is 5.75 Å². The number of urea groups is 1. The standard InChI is InChI=1S/C20H18ClF4N3O3.C14H8F4N2O4.C12H15ClN2O2.H2S/c21-15-7-12(17(30)10-29)9-26-18(15)11-3-5-28(6-4-11)19(31)27-13-1-2-14(16(22)8-13)20(23,24)25;15-12-7-8(1-6-11(12)14(16,17)18)19-13(21)24-10-4-2-9(3-5-10)20(22)23;13-10-5-9(11(17)7-16)6-15-12(10)8-1-3-14-4-2-8;/h1-3,7-9,17,29-30H,4-6,10H2,(H,27,31);1-7H,(H,19,21);1,5-6,11,14,16-17H,2-4,7H2;1H2/t17-;;11-;/m1.1./s1. The van der Waals surface area contributed by atoms with Crippen LogP contribution < -0.4 is 20.7 Å². The molecule has 2 aliphatic heterocycles. The van der Waals surface area contributed by atoms with Crippen molar-refractivity contribution in [1.82, 2.24) is 20.2 Å². The molecule has 7 rings (SSSR count). The molecule has 4 heterocycles. The number of non-ortho nitro benzene ring substituents is 1. The summed E-state index contributed by atoms with van der Waals surface area (Å²) >= 11 is 12.4. The number of ether oxygens (including phenoxy) is 1. The number of hydrogen-bond donors (Lipinski definition) is 7. The number of aliphatic hydroxyl groups is 4. The molecule has 73 heavy (non-hydrogen) atoms. The molecule has 0 fully saturated rings. The summed E-state index contributed by atoms with van der Waals surface area (Å²) in [5.74, 6) is -3.05. The van der Waals surface area contributed by atoms with Gasteiger partial charge in [-0.15, -0.1) is 0 Å². The lowest BCUT2D eigenvalue weighted by Gasteiger charge is -2.27. The summed E-state index contributed by atoms with van der Waals surface area (Å²) in [7, 11) is 0. The highest BCUT2D eigenvalue weighted by Gasteiger charge is 2.35. The second kappa shape index (κ2) is 26.5. The van der Waals surface area contributed by atoms with Gasteiger partial charge in [0.05, 0.1) is 50.7 Å². The number of nitro benzene ring substituents is 1. The van der Waals surface area contributed by atoms with E-state index >= 15 is 0 Å². The fourth-order valence-electron chi connectivity index (χ4n) is 6.59. The fraction of sp³-hybridized carbons (Fsp3) is 0.261. The van der Waals surface area contributed by atoms with Gasteiger partial charge >= 0.3 is 24.5 Å². The molecule has 2 atom stereocenters. The number of aliphatic hydroxyl groups excluding tert-OH is 4. The Balaban J connectivity index is 0.000000246. The van der Waals surface area contributed by atoms with E-state index in [4.69, 9.17) is 38.2 Å². The minimum absolute atomic E-state index is 0. The van der Waals surface area contributed by atoms with Gasteiger partial charge in [-0.1, -0.05) is 35.4 Å². The topological polar surface area (TPSA) is 233 Å². The molecule has 5 aromatic rings. The summed E-state index contributed by atoms with van der Waals surface area (Å²) in [6.07, 6.45) is -4.70. The third kappa shape index (κ3) is 16.8. The highest BCUT2D eigenvalue weighted by Crippen LogP contribution is 2.35. The van der Waals surface area contributed by atoms with Gasteiger partial charge in [0, 0.05) is 66.7 Å². The normalized spacial score (nSPS) is 14.3. The molecular formula is C46H43Cl2F8N7O9S. The van der Waals surface area contributed by atoms with E-state index in [1.807, 2.05) is 5.32 Å². The van der Waals surface area contributed by atoms with E-state index in [0.717, 1.165) is 72.7 Å². The Labute approximate surface area is 426 Å². The number of alkyl halides is 6. The van der Waals surface area contributed by atoms with Gasteiger partial charge in [-0.3, -0.25) is 25.4 Å². The minimum Gasteiger partial charge on any atom is -0.410 e. The largest absolute Gasteiger partial charge is 0.419 e. The number of aromatic nitrogens is 2. The van der Waals surface area contributed by atoms with E-state index in [1.54, 1.807) is 18.3 Å². The Morgan fingerprint density at radius 2 is 1.26 bits per heavy atom. The minimum atomic E-state index is -4.85. The third-order valence-corrected chi connectivity index (χ3v) is 10.9. The van der Waals surface area contributed by atoms with E-state index in [9.17, 15) is 65.0 Å². The highest BCUT2D eigenvalue weighted by atomic mass is 35.5. The van der Waals surface area contributed by atoms with Gasteiger partial charge in [-0.05, 0) is 91.2 Å². The summed E-state index contributed by atoms with van der Waals surface area (Å²) in [4.78, 5) is 43.7. The molecular weight excluding hydrogens is 1050 g/mol. The van der Waals surface area contributed by atoms with Gasteiger partial charge in [0.25, 0.3) is 5.69 Å². The van der Waals surface area contributed by atoms with Gasteiger partial charge in [0.15, 0.2) is 0 Å². The fourth-order valence-corrected chi connectivity index (χ4v) is 7.19. The summed E-state index contributed by atoms with van der Waals surface area (Å²) < 4.78 is 107. The summed E-state index contributed by atoms with van der Waals surface area (Å²) in [5.41, 5.74) is 0.650. The predicted octanol–water partition coefficient (Wildman–Crippen LogP) is 9.85. The number of carbonyl (C=O) groups is 2. The molecule has 3 aromatic carbocycles. The van der Waals surface area contributed by atoms with Gasteiger partial charge in [-0.25, -0.2) is 18.4 Å². The smallest absolute Gasteiger partial charge is 0.410 e. The molecule has 0 spiro atoms. The quantitative estimate of drug-likeness (QED) is 0.0394. The molecule has 3 amide bonds. The number of anilines is 2. The number of nitrogens with zero attached hydrogens (tertiary/aromatic N) is 4. The molecule has 2 aromatic heterocycles. The van der Waals surface area contributed by atoms with E-state index in [-0.39, 0.29) is 61.0 Å². The lowest BCUT2D eigenvalue weighted by Crippen LogP contribution is -2.38. The van der Waals surface area contributed by atoms with E-state index < -0.39 is 71.0 Å². The predicted molar refractivity (Wildman–Crippen MR) is 257 cm³/mol. The lowest BCUT2D eigenvalue weighted by atomic mass is 10.0. The zero-order valence-electron chi connectivity index (χ0n) is 37.4. The number of halogens is 10. The second-order valence-electron chi connectivity index (χ2n) is 15.3. The molecule has 0 bridgehead atoms. The maximum absolute atomic E-state index is 13.7. The van der Waals surface area contributed by atoms with Crippen molar-refractivity contribution in [1.29, 1.82) is 0 Å². The number of benzene rings is 3. The monoisotopic (exact) mass is 1090 g/mol. The van der Waals surface area contributed by atoms with Gasteiger partial charge in [0.2, 0.25) is 0 Å². The molecule has 16 nitrogen and oxygen atoms in total. The van der Waals surface area contributed by atoms with Crippen LogP contribution in [0.25, 0.3) is 11.1 Å². The van der Waals surface area contributed by atoms with Crippen molar-refractivity contribution in [2.75, 3.05) is 50.0 Å².